The molecule has 1 atom stereocenters. The van der Waals surface area contributed by atoms with Crippen LogP contribution >= 0.6 is 0 Å². The van der Waals surface area contributed by atoms with E-state index >= 15 is 0 Å². The first-order chi connectivity index (χ1) is 27.2. The van der Waals surface area contributed by atoms with Crippen LogP contribution in [0.3, 0.4) is 0 Å². The van der Waals surface area contributed by atoms with Gasteiger partial charge in [-0.1, -0.05) is 157 Å². The van der Waals surface area contributed by atoms with Crippen LogP contribution in [-0.2, 0) is 0 Å². The van der Waals surface area contributed by atoms with Crippen molar-refractivity contribution in [2.45, 2.75) is 19.4 Å². The van der Waals surface area contributed by atoms with Crippen LogP contribution in [0.5, 0.6) is 0 Å². The zero-order chi connectivity index (χ0) is 36.7. The largest absolute Gasteiger partial charge is 0.334 e. The summed E-state index contributed by atoms with van der Waals surface area (Å²) in [6, 6.07) is 67.0. The third-order valence-electron chi connectivity index (χ3n) is 11.2. The highest BCUT2D eigenvalue weighted by Crippen LogP contribution is 2.40. The van der Waals surface area contributed by atoms with Crippen LogP contribution in [0.15, 0.2) is 206 Å². The number of rotatable bonds is 7. The Bertz CT molecular complexity index is 2880. The molecule has 8 aromatic carbocycles. The summed E-state index contributed by atoms with van der Waals surface area (Å²) in [5.74, 6) is 0. The lowest BCUT2D eigenvalue weighted by atomic mass is 9.92. The van der Waals surface area contributed by atoms with E-state index < -0.39 is 0 Å². The van der Waals surface area contributed by atoms with E-state index in [4.69, 9.17) is 0 Å². The lowest BCUT2D eigenvalue weighted by molar-refractivity contribution is 0.785. The van der Waals surface area contributed by atoms with Crippen molar-refractivity contribution in [3.63, 3.8) is 0 Å². The molecule has 0 spiro atoms. The number of allylic oxidation sites excluding steroid dienone is 2. The summed E-state index contributed by atoms with van der Waals surface area (Å²) in [5, 5.41) is 5.04. The lowest BCUT2D eigenvalue weighted by Gasteiger charge is -2.33. The molecule has 0 radical (unpaired) electrons. The Hall–Kier alpha value is -6.90. The minimum Gasteiger partial charge on any atom is -0.334 e. The van der Waals surface area contributed by atoms with Crippen LogP contribution in [0, 0.1) is 6.92 Å². The predicted molar refractivity (Wildman–Crippen MR) is 235 cm³/mol. The number of aromatic nitrogens is 1. The van der Waals surface area contributed by atoms with Crippen LogP contribution in [-0.4, -0.2) is 10.6 Å². The van der Waals surface area contributed by atoms with Crippen molar-refractivity contribution in [2.75, 3.05) is 4.90 Å². The van der Waals surface area contributed by atoms with E-state index in [9.17, 15) is 0 Å². The van der Waals surface area contributed by atoms with E-state index in [-0.39, 0.29) is 6.04 Å². The van der Waals surface area contributed by atoms with E-state index in [0.717, 1.165) is 6.42 Å². The highest BCUT2D eigenvalue weighted by Gasteiger charge is 2.20. The molecule has 0 saturated heterocycles. The van der Waals surface area contributed by atoms with Crippen LogP contribution in [0.1, 0.15) is 12.0 Å². The highest BCUT2D eigenvalue weighted by atomic mass is 15.2. The summed E-state index contributed by atoms with van der Waals surface area (Å²) in [6.07, 6.45) is 9.85. The minimum absolute atomic E-state index is 0.238. The molecule has 0 aliphatic heterocycles. The molecule has 2 nitrogen and oxygen atoms in total. The number of aryl methyl sites for hydroxylation is 1. The quantitative estimate of drug-likeness (QED) is 0.160. The first-order valence-electron chi connectivity index (χ1n) is 19.2. The monoisotopic (exact) mass is 704 g/mol. The van der Waals surface area contributed by atoms with Gasteiger partial charge in [-0.25, -0.2) is 0 Å². The zero-order valence-electron chi connectivity index (χ0n) is 30.8. The molecule has 1 aromatic heterocycles. The topological polar surface area (TPSA) is 8.17 Å². The Kier molecular flexibility index (Phi) is 8.22. The van der Waals surface area contributed by atoms with Gasteiger partial charge in [0.1, 0.15) is 0 Å². The van der Waals surface area contributed by atoms with E-state index in [0.29, 0.717) is 0 Å². The van der Waals surface area contributed by atoms with E-state index in [2.05, 4.69) is 223 Å². The van der Waals surface area contributed by atoms with Gasteiger partial charge in [-0.15, -0.1) is 0 Å². The van der Waals surface area contributed by atoms with Gasteiger partial charge in [0.2, 0.25) is 0 Å². The molecule has 262 valence electrons. The summed E-state index contributed by atoms with van der Waals surface area (Å²) in [7, 11) is 0. The molecule has 0 bridgehead atoms. The molecule has 0 saturated carbocycles. The Morgan fingerprint density at radius 2 is 1.04 bits per heavy atom. The molecular formula is C53H40N2. The average Bonchev–Trinajstić information content (AvgIpc) is 3.58. The Balaban J connectivity index is 1.02. The summed E-state index contributed by atoms with van der Waals surface area (Å²) < 4.78 is 2.39. The van der Waals surface area contributed by atoms with Crippen LogP contribution < -0.4 is 4.90 Å². The SMILES string of the molecule is Cc1ccc(-n2c3ccccc3c3cc(-c4cccc5c(-c6ccc(N(c7ccc(-c8ccccc8)cc7)C7C=CC=CC7)cc6)cccc45)ccc32)cc1. The smallest absolute Gasteiger partial charge is 0.0559 e. The Morgan fingerprint density at radius 1 is 0.455 bits per heavy atom. The maximum atomic E-state index is 2.46. The van der Waals surface area contributed by atoms with E-state index in [1.165, 1.54) is 88.6 Å². The van der Waals surface area contributed by atoms with Gasteiger partial charge in [0, 0.05) is 27.8 Å². The highest BCUT2D eigenvalue weighted by molar-refractivity contribution is 6.12. The van der Waals surface area contributed by atoms with Crippen molar-refractivity contribution >= 4 is 44.0 Å². The lowest BCUT2D eigenvalue weighted by Crippen LogP contribution is -2.29. The van der Waals surface area contributed by atoms with Crippen molar-refractivity contribution in [3.05, 3.63) is 212 Å². The van der Waals surface area contributed by atoms with Gasteiger partial charge in [0.15, 0.2) is 0 Å². The van der Waals surface area contributed by atoms with E-state index in [1.54, 1.807) is 0 Å². The molecule has 9 aromatic rings. The summed E-state index contributed by atoms with van der Waals surface area (Å²) >= 11 is 0. The molecule has 1 aliphatic rings. The number of fused-ring (bicyclic) bond motifs is 4. The van der Waals surface area contributed by atoms with E-state index in [1.807, 2.05) is 0 Å². The maximum absolute atomic E-state index is 2.46. The Morgan fingerprint density at radius 3 is 1.73 bits per heavy atom. The van der Waals surface area contributed by atoms with Gasteiger partial charge in [-0.2, -0.15) is 0 Å². The van der Waals surface area contributed by atoms with Gasteiger partial charge in [-0.05, 0) is 112 Å². The van der Waals surface area contributed by atoms with Crippen molar-refractivity contribution in [1.82, 2.24) is 4.57 Å². The predicted octanol–water partition coefficient (Wildman–Crippen LogP) is 14.3. The first kappa shape index (κ1) is 32.7. The van der Waals surface area contributed by atoms with Crippen molar-refractivity contribution in [1.29, 1.82) is 0 Å². The third-order valence-corrected chi connectivity index (χ3v) is 11.2. The van der Waals surface area contributed by atoms with Gasteiger partial charge < -0.3 is 9.47 Å². The molecule has 0 N–H and O–H groups in total. The fraction of sp³-hybridized carbons (Fsp3) is 0.0566. The molecule has 0 amide bonds. The second-order valence-corrected chi connectivity index (χ2v) is 14.6. The maximum Gasteiger partial charge on any atom is 0.0559 e. The van der Waals surface area contributed by atoms with Gasteiger partial charge >= 0.3 is 0 Å². The summed E-state index contributed by atoms with van der Waals surface area (Å²) in [6.45, 7) is 2.14. The summed E-state index contributed by atoms with van der Waals surface area (Å²) in [5.41, 5.74) is 14.6. The minimum atomic E-state index is 0.238. The number of nitrogens with zero attached hydrogens (tertiary/aromatic N) is 2. The zero-order valence-corrected chi connectivity index (χ0v) is 30.8. The van der Waals surface area contributed by atoms with Gasteiger partial charge in [0.05, 0.1) is 17.1 Å². The number of anilines is 2. The first-order valence-corrected chi connectivity index (χ1v) is 19.2. The number of para-hydroxylation sites is 1. The average molecular weight is 705 g/mol. The second kappa shape index (κ2) is 13.8. The molecule has 2 heteroatoms. The molecule has 1 unspecified atom stereocenters. The Labute approximate surface area is 322 Å². The standard InChI is InChI=1S/C53H40N2/c1-37-22-29-45(30-23-37)55-52-21-9-8-16-50(52)51-36-41(28-35-53(51)55)47-18-11-19-48-46(17-10-20-49(47)48)40-26-33-44(34-27-40)54(42-14-6-3-7-15-42)43-31-24-39(25-32-43)38-12-4-2-5-13-38/h2-14,16-36,42H,15H2,1H3. The van der Waals surface area contributed by atoms with Crippen LogP contribution in [0.2, 0.25) is 0 Å². The van der Waals surface area contributed by atoms with Crippen molar-refractivity contribution < 1.29 is 0 Å². The molecule has 10 rings (SSSR count). The van der Waals surface area contributed by atoms with Crippen LogP contribution in [0.4, 0.5) is 11.4 Å². The van der Waals surface area contributed by atoms with Gasteiger partial charge in [-0.3, -0.25) is 0 Å². The van der Waals surface area contributed by atoms with Gasteiger partial charge in [0.25, 0.3) is 0 Å². The fourth-order valence-corrected chi connectivity index (χ4v) is 8.46. The molecule has 1 heterocycles. The normalized spacial score (nSPS) is 13.9. The van der Waals surface area contributed by atoms with Crippen molar-refractivity contribution in [2.24, 2.45) is 0 Å². The molecule has 55 heavy (non-hydrogen) atoms. The molecular weight excluding hydrogens is 665 g/mol. The third kappa shape index (κ3) is 5.93. The number of hydrogen-bond acceptors (Lipinski definition) is 1. The molecule has 0 fully saturated rings. The van der Waals surface area contributed by atoms with Crippen LogP contribution in [0.25, 0.3) is 71.6 Å². The number of hydrogen-bond donors (Lipinski definition) is 0. The number of benzene rings is 8. The van der Waals surface area contributed by atoms with Crippen molar-refractivity contribution in [3.8, 4) is 39.1 Å². The second-order valence-electron chi connectivity index (χ2n) is 14.6. The summed E-state index contributed by atoms with van der Waals surface area (Å²) in [4.78, 5) is 2.46. The fourth-order valence-electron chi connectivity index (χ4n) is 8.46. The molecule has 1 aliphatic carbocycles.